The first-order valence-corrected chi connectivity index (χ1v) is 3.99. The van der Waals surface area contributed by atoms with Crippen LogP contribution >= 0.6 is 0 Å². The van der Waals surface area contributed by atoms with Gasteiger partial charge >= 0.3 is 0 Å². The monoisotopic (exact) mass is 181 g/mol. The standard InChI is InChI=1S/C10H12FNO/c1-3-6-13-10-7-8(12-2)4-5-9(10)11/h3-5,7,12H,1,6H2,2H3. The molecule has 2 nitrogen and oxygen atoms in total. The molecule has 0 saturated carbocycles. The lowest BCUT2D eigenvalue weighted by molar-refractivity contribution is 0.342. The Morgan fingerprint density at radius 1 is 1.62 bits per heavy atom. The van der Waals surface area contributed by atoms with Crippen molar-refractivity contribution in [2.45, 2.75) is 0 Å². The molecule has 0 aliphatic carbocycles. The number of hydrogen-bond donors (Lipinski definition) is 1. The molecule has 0 unspecified atom stereocenters. The molecular formula is C10H12FNO. The summed E-state index contributed by atoms with van der Waals surface area (Å²) >= 11 is 0. The Bertz CT molecular complexity index is 299. The molecule has 0 amide bonds. The minimum Gasteiger partial charge on any atom is -0.486 e. The van der Waals surface area contributed by atoms with Crippen LogP contribution < -0.4 is 10.1 Å². The van der Waals surface area contributed by atoms with E-state index in [1.807, 2.05) is 0 Å². The van der Waals surface area contributed by atoms with Gasteiger partial charge in [0, 0.05) is 18.8 Å². The van der Waals surface area contributed by atoms with E-state index in [2.05, 4.69) is 11.9 Å². The molecule has 0 radical (unpaired) electrons. The largest absolute Gasteiger partial charge is 0.486 e. The Morgan fingerprint density at radius 3 is 3.00 bits per heavy atom. The van der Waals surface area contributed by atoms with Crippen molar-refractivity contribution < 1.29 is 9.13 Å². The van der Waals surface area contributed by atoms with E-state index < -0.39 is 0 Å². The predicted molar refractivity (Wildman–Crippen MR) is 51.6 cm³/mol. The molecule has 0 saturated heterocycles. The number of rotatable bonds is 4. The van der Waals surface area contributed by atoms with Gasteiger partial charge in [0.05, 0.1) is 0 Å². The number of hydrogen-bond acceptors (Lipinski definition) is 2. The third-order valence-electron chi connectivity index (χ3n) is 1.58. The minimum atomic E-state index is -0.360. The number of halogens is 1. The van der Waals surface area contributed by atoms with Gasteiger partial charge < -0.3 is 10.1 Å². The average Bonchev–Trinajstić information content (AvgIpc) is 2.17. The van der Waals surface area contributed by atoms with Crippen LogP contribution in [0.1, 0.15) is 0 Å². The van der Waals surface area contributed by atoms with E-state index in [4.69, 9.17) is 4.74 Å². The van der Waals surface area contributed by atoms with E-state index in [0.717, 1.165) is 5.69 Å². The van der Waals surface area contributed by atoms with Crippen molar-refractivity contribution in [3.63, 3.8) is 0 Å². The highest BCUT2D eigenvalue weighted by Crippen LogP contribution is 2.21. The topological polar surface area (TPSA) is 21.3 Å². The Kier molecular flexibility index (Phi) is 3.31. The van der Waals surface area contributed by atoms with Gasteiger partial charge in [0.15, 0.2) is 11.6 Å². The summed E-state index contributed by atoms with van der Waals surface area (Å²) in [6.45, 7) is 3.79. The Labute approximate surface area is 77.0 Å². The van der Waals surface area contributed by atoms with Gasteiger partial charge in [0.1, 0.15) is 6.61 Å². The normalized spacial score (nSPS) is 9.38. The van der Waals surface area contributed by atoms with Crippen LogP contribution in [0.4, 0.5) is 10.1 Å². The van der Waals surface area contributed by atoms with Gasteiger partial charge in [-0.2, -0.15) is 0 Å². The molecule has 0 fully saturated rings. The Hall–Kier alpha value is -1.51. The van der Waals surface area contributed by atoms with Crippen LogP contribution in [0.15, 0.2) is 30.9 Å². The molecule has 0 bridgehead atoms. The molecule has 70 valence electrons. The van der Waals surface area contributed by atoms with Gasteiger partial charge in [0.2, 0.25) is 0 Å². The van der Waals surface area contributed by atoms with Gasteiger partial charge in [-0.05, 0) is 12.1 Å². The van der Waals surface area contributed by atoms with E-state index in [-0.39, 0.29) is 11.6 Å². The summed E-state index contributed by atoms with van der Waals surface area (Å²) < 4.78 is 18.1. The van der Waals surface area contributed by atoms with Gasteiger partial charge in [-0.3, -0.25) is 0 Å². The molecular weight excluding hydrogens is 169 g/mol. The fourth-order valence-electron chi connectivity index (χ4n) is 0.918. The van der Waals surface area contributed by atoms with Crippen molar-refractivity contribution >= 4 is 5.69 Å². The SMILES string of the molecule is C=CCOc1cc(NC)ccc1F. The minimum absolute atomic E-state index is 0.242. The van der Waals surface area contributed by atoms with Crippen molar-refractivity contribution in [1.82, 2.24) is 0 Å². The van der Waals surface area contributed by atoms with Gasteiger partial charge in [-0.15, -0.1) is 0 Å². The van der Waals surface area contributed by atoms with E-state index in [9.17, 15) is 4.39 Å². The summed E-state index contributed by atoms with van der Waals surface area (Å²) in [7, 11) is 1.77. The highest BCUT2D eigenvalue weighted by atomic mass is 19.1. The lowest BCUT2D eigenvalue weighted by atomic mass is 10.3. The van der Waals surface area contributed by atoms with Crippen LogP contribution in [0.3, 0.4) is 0 Å². The summed E-state index contributed by atoms with van der Waals surface area (Å²) in [4.78, 5) is 0. The summed E-state index contributed by atoms with van der Waals surface area (Å²) in [5.74, 6) is -0.118. The predicted octanol–water partition coefficient (Wildman–Crippen LogP) is 2.43. The molecule has 0 heterocycles. The molecule has 3 heteroatoms. The lowest BCUT2D eigenvalue weighted by Crippen LogP contribution is -1.97. The summed E-state index contributed by atoms with van der Waals surface area (Å²) in [5.41, 5.74) is 0.820. The second kappa shape index (κ2) is 4.50. The number of benzene rings is 1. The quantitative estimate of drug-likeness (QED) is 0.720. The molecule has 0 spiro atoms. The summed E-state index contributed by atoms with van der Waals surface area (Å²) in [6, 6.07) is 4.62. The van der Waals surface area contributed by atoms with Crippen LogP contribution in [-0.2, 0) is 0 Å². The lowest BCUT2D eigenvalue weighted by Gasteiger charge is -2.06. The zero-order valence-corrected chi connectivity index (χ0v) is 7.51. The van der Waals surface area contributed by atoms with Crippen molar-refractivity contribution in [3.8, 4) is 5.75 Å². The third kappa shape index (κ3) is 2.47. The van der Waals surface area contributed by atoms with Crippen molar-refractivity contribution in [2.24, 2.45) is 0 Å². The van der Waals surface area contributed by atoms with Crippen molar-refractivity contribution in [1.29, 1.82) is 0 Å². The molecule has 13 heavy (non-hydrogen) atoms. The van der Waals surface area contributed by atoms with Crippen molar-refractivity contribution in [2.75, 3.05) is 19.0 Å². The highest BCUT2D eigenvalue weighted by Gasteiger charge is 2.02. The fourth-order valence-corrected chi connectivity index (χ4v) is 0.918. The third-order valence-corrected chi connectivity index (χ3v) is 1.58. The van der Waals surface area contributed by atoms with Crippen LogP contribution in [0.25, 0.3) is 0 Å². The summed E-state index contributed by atoms with van der Waals surface area (Å²) in [6.07, 6.45) is 1.57. The Balaban J connectivity index is 2.83. The molecule has 1 aromatic carbocycles. The van der Waals surface area contributed by atoms with E-state index >= 15 is 0 Å². The molecule has 0 aliphatic heterocycles. The van der Waals surface area contributed by atoms with E-state index in [1.54, 1.807) is 25.3 Å². The molecule has 0 aliphatic rings. The van der Waals surface area contributed by atoms with Crippen LogP contribution in [0.5, 0.6) is 5.75 Å². The molecule has 1 aromatic rings. The average molecular weight is 181 g/mol. The highest BCUT2D eigenvalue weighted by molar-refractivity contribution is 5.48. The van der Waals surface area contributed by atoms with Crippen LogP contribution in [0.2, 0.25) is 0 Å². The summed E-state index contributed by atoms with van der Waals surface area (Å²) in [5, 5.41) is 2.90. The van der Waals surface area contributed by atoms with Crippen molar-refractivity contribution in [3.05, 3.63) is 36.7 Å². The zero-order chi connectivity index (χ0) is 9.68. The van der Waals surface area contributed by atoms with E-state index in [1.165, 1.54) is 6.07 Å². The van der Waals surface area contributed by atoms with Crippen LogP contribution in [0, 0.1) is 5.82 Å². The number of ether oxygens (including phenoxy) is 1. The fraction of sp³-hybridized carbons (Fsp3) is 0.200. The van der Waals surface area contributed by atoms with Crippen LogP contribution in [-0.4, -0.2) is 13.7 Å². The number of nitrogens with one attached hydrogen (secondary N) is 1. The number of anilines is 1. The van der Waals surface area contributed by atoms with E-state index in [0.29, 0.717) is 6.61 Å². The first-order chi connectivity index (χ1) is 6.27. The molecule has 0 atom stereocenters. The smallest absolute Gasteiger partial charge is 0.165 e. The maximum absolute atomic E-state index is 13.0. The first kappa shape index (κ1) is 9.58. The van der Waals surface area contributed by atoms with Gasteiger partial charge in [-0.25, -0.2) is 4.39 Å². The molecule has 1 rings (SSSR count). The van der Waals surface area contributed by atoms with Gasteiger partial charge in [-0.1, -0.05) is 12.7 Å². The van der Waals surface area contributed by atoms with Gasteiger partial charge in [0.25, 0.3) is 0 Å². The Morgan fingerprint density at radius 2 is 2.38 bits per heavy atom. The maximum Gasteiger partial charge on any atom is 0.165 e. The molecule has 0 aromatic heterocycles. The second-order valence-electron chi connectivity index (χ2n) is 2.49. The maximum atomic E-state index is 13.0. The second-order valence-corrected chi connectivity index (χ2v) is 2.49. The first-order valence-electron chi connectivity index (χ1n) is 3.99. The zero-order valence-electron chi connectivity index (χ0n) is 7.51. The molecule has 1 N–H and O–H groups in total.